The van der Waals surface area contributed by atoms with Crippen molar-refractivity contribution in [2.45, 2.75) is 19.3 Å². The maximum absolute atomic E-state index is 10.9. The zero-order valence-corrected chi connectivity index (χ0v) is 19.2. The molecule has 2 N–H and O–H groups in total. The Morgan fingerprint density at radius 1 is 0.971 bits per heavy atom. The van der Waals surface area contributed by atoms with E-state index in [4.69, 9.17) is 9.84 Å². The molecule has 172 valence electrons. The number of hydrogen-bond donors (Lipinski definition) is 2. The van der Waals surface area contributed by atoms with Gasteiger partial charge in [0.2, 0.25) is 0 Å². The number of benzene rings is 3. The van der Waals surface area contributed by atoms with Gasteiger partial charge in [-0.15, -0.1) is 0 Å². The number of methoxy groups -OCH3 is 1. The average molecular weight is 453 g/mol. The van der Waals surface area contributed by atoms with Crippen molar-refractivity contribution in [2.75, 3.05) is 13.7 Å². The Morgan fingerprint density at radius 3 is 2.47 bits per heavy atom. The molecule has 4 aromatic rings. The predicted molar refractivity (Wildman–Crippen MR) is 137 cm³/mol. The summed E-state index contributed by atoms with van der Waals surface area (Å²) >= 11 is 0. The summed E-state index contributed by atoms with van der Waals surface area (Å²) < 4.78 is 5.28. The van der Waals surface area contributed by atoms with Crippen molar-refractivity contribution in [2.24, 2.45) is 0 Å². The van der Waals surface area contributed by atoms with E-state index in [2.05, 4.69) is 64.8 Å². The number of aliphatic carboxylic acids is 1. The van der Waals surface area contributed by atoms with Gasteiger partial charge in [0.25, 0.3) is 0 Å². The molecule has 0 saturated carbocycles. The monoisotopic (exact) mass is 452 g/mol. The number of H-pyrrole nitrogens is 1. The first-order valence-corrected chi connectivity index (χ1v) is 11.4. The van der Waals surface area contributed by atoms with Gasteiger partial charge >= 0.3 is 5.97 Å². The highest BCUT2D eigenvalue weighted by atomic mass is 16.5. The van der Waals surface area contributed by atoms with Crippen molar-refractivity contribution < 1.29 is 14.6 Å². The predicted octanol–water partition coefficient (Wildman–Crippen LogP) is 6.44. The van der Waals surface area contributed by atoms with Crippen LogP contribution in [-0.4, -0.2) is 35.0 Å². The number of carboxylic acid groups (broad SMARTS) is 1. The molecule has 1 aromatic heterocycles. The van der Waals surface area contributed by atoms with Gasteiger partial charge < -0.3 is 9.84 Å². The fraction of sp³-hybridized carbons (Fsp3) is 0.172. The molecule has 0 radical (unpaired) electrons. The van der Waals surface area contributed by atoms with Crippen molar-refractivity contribution in [1.82, 2.24) is 10.2 Å². The molecule has 0 aliphatic carbocycles. The van der Waals surface area contributed by atoms with Crippen LogP contribution in [0, 0.1) is 0 Å². The lowest BCUT2D eigenvalue weighted by molar-refractivity contribution is -0.131. The third-order valence-electron chi connectivity index (χ3n) is 5.80. The highest BCUT2D eigenvalue weighted by Crippen LogP contribution is 2.36. The largest absolute Gasteiger partial charge is 0.478 e. The quantitative estimate of drug-likeness (QED) is 0.165. The summed E-state index contributed by atoms with van der Waals surface area (Å²) in [7, 11) is 1.74. The first kappa shape index (κ1) is 23.2. The number of rotatable bonds is 10. The van der Waals surface area contributed by atoms with Crippen LogP contribution >= 0.6 is 0 Å². The molecule has 1 heterocycles. The molecule has 0 spiro atoms. The van der Waals surface area contributed by atoms with Crippen molar-refractivity contribution in [3.8, 4) is 0 Å². The van der Waals surface area contributed by atoms with Crippen LogP contribution in [0.25, 0.3) is 28.1 Å². The van der Waals surface area contributed by atoms with Gasteiger partial charge in [0.1, 0.15) is 0 Å². The number of unbranched alkanes of at least 4 members (excludes halogenated alkanes) is 1. The number of aromatic nitrogens is 2. The van der Waals surface area contributed by atoms with Crippen LogP contribution in [0.15, 0.2) is 85.1 Å². The number of nitrogens with zero attached hydrogens (tertiary/aromatic N) is 1. The molecular weight excluding hydrogens is 424 g/mol. The van der Waals surface area contributed by atoms with Crippen LogP contribution in [0.5, 0.6) is 0 Å². The fourth-order valence-corrected chi connectivity index (χ4v) is 4.14. The maximum atomic E-state index is 10.9. The van der Waals surface area contributed by atoms with E-state index in [0.717, 1.165) is 59.5 Å². The first-order valence-electron chi connectivity index (χ1n) is 11.4. The molecule has 0 saturated heterocycles. The Morgan fingerprint density at radius 2 is 1.74 bits per heavy atom. The van der Waals surface area contributed by atoms with Gasteiger partial charge in [-0.2, -0.15) is 5.10 Å². The van der Waals surface area contributed by atoms with Crippen LogP contribution < -0.4 is 0 Å². The van der Waals surface area contributed by atoms with E-state index in [1.807, 2.05) is 24.4 Å². The number of nitrogens with one attached hydrogen (secondary N) is 1. The Hall–Kier alpha value is -3.96. The van der Waals surface area contributed by atoms with Gasteiger partial charge in [0.15, 0.2) is 0 Å². The van der Waals surface area contributed by atoms with E-state index in [1.54, 1.807) is 13.2 Å². The van der Waals surface area contributed by atoms with Crippen LogP contribution in [-0.2, 0) is 9.53 Å². The number of allylic oxidation sites excluding steroid dienone is 1. The molecule has 0 bridgehead atoms. The lowest BCUT2D eigenvalue weighted by Crippen LogP contribution is -1.97. The summed E-state index contributed by atoms with van der Waals surface area (Å²) in [5.74, 6) is -0.958. The number of carbonyl (C=O) groups is 1. The van der Waals surface area contributed by atoms with Gasteiger partial charge in [-0.05, 0) is 70.9 Å². The van der Waals surface area contributed by atoms with Crippen molar-refractivity contribution in [3.63, 3.8) is 0 Å². The van der Waals surface area contributed by atoms with Crippen molar-refractivity contribution >= 4 is 34.1 Å². The number of fused-ring (bicyclic) bond motifs is 1. The Bertz CT molecular complexity index is 1300. The third-order valence-corrected chi connectivity index (χ3v) is 5.80. The topological polar surface area (TPSA) is 75.2 Å². The standard InChI is InChI=1S/C29H28N2O3/c1-34-18-6-5-9-26(22-7-3-2-4-8-22)29(24-15-16-27-25(19-24)20-30-31-27)23-13-10-21(11-14-23)12-17-28(32)33/h2-4,7-8,10-17,19-20H,5-6,9,18H2,1H3,(H,30,31)(H,32,33)/b17-12+,29-26+. The SMILES string of the molecule is COCCCC/C(=C(/c1ccc(/C=C/C(=O)O)cc1)c1ccc2[nH]ncc2c1)c1ccccc1. The minimum Gasteiger partial charge on any atom is -0.478 e. The first-order chi connectivity index (χ1) is 16.7. The molecule has 3 aromatic carbocycles. The summed E-state index contributed by atoms with van der Waals surface area (Å²) in [5.41, 5.74) is 7.68. The number of ether oxygens (including phenoxy) is 1. The smallest absolute Gasteiger partial charge is 0.328 e. The van der Waals surface area contributed by atoms with E-state index in [9.17, 15) is 4.79 Å². The highest BCUT2D eigenvalue weighted by molar-refractivity contribution is 6.00. The molecular formula is C29H28N2O3. The van der Waals surface area contributed by atoms with Gasteiger partial charge in [0, 0.05) is 25.2 Å². The summed E-state index contributed by atoms with van der Waals surface area (Å²) in [5, 5.41) is 17.2. The molecule has 0 aliphatic heterocycles. The van der Waals surface area contributed by atoms with Crippen LogP contribution in [0.2, 0.25) is 0 Å². The van der Waals surface area contributed by atoms with E-state index in [-0.39, 0.29) is 0 Å². The molecule has 0 aliphatic rings. The van der Waals surface area contributed by atoms with Crippen molar-refractivity contribution in [1.29, 1.82) is 0 Å². The molecule has 0 amide bonds. The van der Waals surface area contributed by atoms with E-state index in [1.165, 1.54) is 16.7 Å². The summed E-state index contributed by atoms with van der Waals surface area (Å²) in [6.07, 6.45) is 7.51. The summed E-state index contributed by atoms with van der Waals surface area (Å²) in [4.78, 5) is 10.9. The Kier molecular flexibility index (Phi) is 7.68. The fourth-order valence-electron chi connectivity index (χ4n) is 4.14. The third kappa shape index (κ3) is 5.69. The highest BCUT2D eigenvalue weighted by Gasteiger charge is 2.15. The molecule has 0 atom stereocenters. The molecule has 0 unspecified atom stereocenters. The van der Waals surface area contributed by atoms with E-state index in [0.29, 0.717) is 0 Å². The van der Waals surface area contributed by atoms with Gasteiger partial charge in [0.05, 0.1) is 11.7 Å². The minimum absolute atomic E-state index is 0.739. The zero-order valence-electron chi connectivity index (χ0n) is 19.2. The van der Waals surface area contributed by atoms with Gasteiger partial charge in [-0.3, -0.25) is 5.10 Å². The molecule has 5 nitrogen and oxygen atoms in total. The second-order valence-electron chi connectivity index (χ2n) is 8.14. The second kappa shape index (κ2) is 11.3. The Labute approximate surface area is 199 Å². The van der Waals surface area contributed by atoms with Crippen LogP contribution in [0.3, 0.4) is 0 Å². The van der Waals surface area contributed by atoms with E-state index >= 15 is 0 Å². The molecule has 5 heteroatoms. The van der Waals surface area contributed by atoms with Crippen molar-refractivity contribution in [3.05, 3.63) is 107 Å². The van der Waals surface area contributed by atoms with Crippen LogP contribution in [0.1, 0.15) is 41.5 Å². The van der Waals surface area contributed by atoms with Gasteiger partial charge in [-0.25, -0.2) is 4.79 Å². The maximum Gasteiger partial charge on any atom is 0.328 e. The average Bonchev–Trinajstić information content (AvgIpc) is 3.34. The molecule has 0 fully saturated rings. The second-order valence-corrected chi connectivity index (χ2v) is 8.14. The molecule has 34 heavy (non-hydrogen) atoms. The Balaban J connectivity index is 1.86. The zero-order chi connectivity index (χ0) is 23.8. The summed E-state index contributed by atoms with van der Waals surface area (Å²) in [6, 6.07) is 24.9. The molecule has 4 rings (SSSR count). The number of carboxylic acids is 1. The lowest BCUT2D eigenvalue weighted by atomic mass is 9.86. The van der Waals surface area contributed by atoms with E-state index < -0.39 is 5.97 Å². The lowest BCUT2D eigenvalue weighted by Gasteiger charge is -2.18. The summed E-state index contributed by atoms with van der Waals surface area (Å²) in [6.45, 7) is 0.739. The number of hydrogen-bond acceptors (Lipinski definition) is 3. The number of aromatic amines is 1. The van der Waals surface area contributed by atoms with Gasteiger partial charge in [-0.1, -0.05) is 60.7 Å². The van der Waals surface area contributed by atoms with Crippen LogP contribution in [0.4, 0.5) is 0 Å². The normalized spacial score (nSPS) is 12.3. The minimum atomic E-state index is -0.958.